The van der Waals surface area contributed by atoms with Crippen LogP contribution in [0, 0.1) is 0 Å². The molecular weight excluding hydrogens is 223 g/mol. The van der Waals surface area contributed by atoms with E-state index in [4.69, 9.17) is 0 Å². The van der Waals surface area contributed by atoms with Gasteiger partial charge in [0.1, 0.15) is 6.54 Å². The predicted molar refractivity (Wildman–Crippen MR) is 50.5 cm³/mol. The van der Waals surface area contributed by atoms with Gasteiger partial charge in [-0.3, -0.25) is 9.48 Å². The van der Waals surface area contributed by atoms with Crippen molar-refractivity contribution < 1.29 is 18.0 Å². The number of carbonyl (C=O) groups is 1. The van der Waals surface area contributed by atoms with Crippen LogP contribution in [0.15, 0.2) is 12.3 Å². The average molecular weight is 235 g/mol. The minimum atomic E-state index is -4.47. The molecule has 7 heteroatoms. The zero-order valence-corrected chi connectivity index (χ0v) is 8.88. The molecule has 1 heterocycles. The second-order valence-electron chi connectivity index (χ2n) is 3.62. The molecule has 1 aromatic rings. The van der Waals surface area contributed by atoms with Gasteiger partial charge in [0.15, 0.2) is 5.69 Å². The van der Waals surface area contributed by atoms with E-state index in [0.29, 0.717) is 0 Å². The van der Waals surface area contributed by atoms with Crippen LogP contribution < -0.4 is 5.32 Å². The van der Waals surface area contributed by atoms with Crippen LogP contribution in [-0.2, 0) is 17.5 Å². The Balaban J connectivity index is 2.62. The molecule has 0 spiro atoms. The van der Waals surface area contributed by atoms with Gasteiger partial charge < -0.3 is 5.32 Å². The molecule has 0 saturated heterocycles. The summed E-state index contributed by atoms with van der Waals surface area (Å²) in [6.07, 6.45) is -3.34. The van der Waals surface area contributed by atoms with Crippen molar-refractivity contribution in [1.29, 1.82) is 0 Å². The Morgan fingerprint density at radius 3 is 2.62 bits per heavy atom. The summed E-state index contributed by atoms with van der Waals surface area (Å²) in [5.41, 5.74) is -0.996. The topological polar surface area (TPSA) is 46.9 Å². The Kier molecular flexibility index (Phi) is 3.56. The molecule has 0 aromatic carbocycles. The van der Waals surface area contributed by atoms with Crippen molar-refractivity contribution in [3.05, 3.63) is 18.0 Å². The van der Waals surface area contributed by atoms with E-state index in [2.05, 4.69) is 10.4 Å². The minimum Gasteiger partial charge on any atom is -0.352 e. The summed E-state index contributed by atoms with van der Waals surface area (Å²) >= 11 is 0. The second-order valence-corrected chi connectivity index (χ2v) is 3.62. The summed E-state index contributed by atoms with van der Waals surface area (Å²) in [6.45, 7) is 3.32. The van der Waals surface area contributed by atoms with Crippen LogP contribution >= 0.6 is 0 Å². The Labute approximate surface area is 90.4 Å². The maximum absolute atomic E-state index is 12.2. The van der Waals surface area contributed by atoms with E-state index in [0.717, 1.165) is 16.9 Å². The van der Waals surface area contributed by atoms with E-state index in [9.17, 15) is 18.0 Å². The van der Waals surface area contributed by atoms with Crippen LogP contribution in [0.4, 0.5) is 13.2 Å². The van der Waals surface area contributed by atoms with Crippen molar-refractivity contribution >= 4 is 5.91 Å². The lowest BCUT2D eigenvalue weighted by molar-refractivity contribution is -0.141. The summed E-state index contributed by atoms with van der Waals surface area (Å²) in [7, 11) is 0. The fourth-order valence-electron chi connectivity index (χ4n) is 1.12. The largest absolute Gasteiger partial charge is 0.435 e. The molecule has 0 radical (unpaired) electrons. The molecule has 1 N–H and O–H groups in total. The summed E-state index contributed by atoms with van der Waals surface area (Å²) in [5, 5.41) is 5.82. The van der Waals surface area contributed by atoms with Gasteiger partial charge in [0.05, 0.1) is 0 Å². The molecule has 0 bridgehead atoms. The number of aromatic nitrogens is 2. The van der Waals surface area contributed by atoms with Gasteiger partial charge in [0, 0.05) is 12.2 Å². The minimum absolute atomic E-state index is 0.0508. The average Bonchev–Trinajstić information content (AvgIpc) is 2.49. The number of carbonyl (C=O) groups excluding carboxylic acids is 1. The van der Waals surface area contributed by atoms with Gasteiger partial charge in [-0.2, -0.15) is 18.3 Å². The molecule has 1 amide bonds. The van der Waals surface area contributed by atoms with Gasteiger partial charge >= 0.3 is 6.18 Å². The lowest BCUT2D eigenvalue weighted by Crippen LogP contribution is -2.33. The van der Waals surface area contributed by atoms with E-state index in [-0.39, 0.29) is 18.5 Å². The maximum Gasteiger partial charge on any atom is 0.435 e. The van der Waals surface area contributed by atoms with Crippen LogP contribution in [-0.4, -0.2) is 21.7 Å². The fraction of sp³-hybridized carbons (Fsp3) is 0.556. The number of alkyl halides is 3. The molecule has 0 saturated carbocycles. The van der Waals surface area contributed by atoms with Crippen molar-refractivity contribution in [3.8, 4) is 0 Å². The van der Waals surface area contributed by atoms with Gasteiger partial charge in [-0.1, -0.05) is 0 Å². The van der Waals surface area contributed by atoms with Crippen LogP contribution in [0.5, 0.6) is 0 Å². The predicted octanol–water partition coefficient (Wildman–Crippen LogP) is 1.43. The highest BCUT2D eigenvalue weighted by Crippen LogP contribution is 2.27. The van der Waals surface area contributed by atoms with E-state index >= 15 is 0 Å². The van der Waals surface area contributed by atoms with Crippen molar-refractivity contribution in [1.82, 2.24) is 15.1 Å². The quantitative estimate of drug-likeness (QED) is 0.861. The first-order valence-electron chi connectivity index (χ1n) is 4.69. The molecule has 0 aliphatic carbocycles. The van der Waals surface area contributed by atoms with E-state index in [1.165, 1.54) is 0 Å². The summed E-state index contributed by atoms with van der Waals surface area (Å²) in [6, 6.07) is 0.785. The molecular formula is C9H12F3N3O. The number of rotatable bonds is 3. The van der Waals surface area contributed by atoms with Crippen molar-refractivity contribution in [2.75, 3.05) is 0 Å². The fourth-order valence-corrected chi connectivity index (χ4v) is 1.12. The molecule has 16 heavy (non-hydrogen) atoms. The van der Waals surface area contributed by atoms with E-state index in [1.807, 2.05) is 0 Å². The first-order valence-corrected chi connectivity index (χ1v) is 4.69. The van der Waals surface area contributed by atoms with Gasteiger partial charge in [0.25, 0.3) is 0 Å². The van der Waals surface area contributed by atoms with Crippen molar-refractivity contribution in [2.45, 2.75) is 32.6 Å². The highest BCUT2D eigenvalue weighted by Gasteiger charge is 2.33. The van der Waals surface area contributed by atoms with Gasteiger partial charge in [0.2, 0.25) is 5.91 Å². The Hall–Kier alpha value is -1.53. The summed E-state index contributed by atoms with van der Waals surface area (Å²) < 4.78 is 37.5. The molecule has 0 fully saturated rings. The number of hydrogen-bond acceptors (Lipinski definition) is 2. The third kappa shape index (κ3) is 3.56. The van der Waals surface area contributed by atoms with Crippen LogP contribution in [0.2, 0.25) is 0 Å². The Morgan fingerprint density at radius 2 is 2.19 bits per heavy atom. The van der Waals surface area contributed by atoms with Crippen LogP contribution in [0.1, 0.15) is 19.5 Å². The van der Waals surface area contributed by atoms with Gasteiger partial charge in [-0.15, -0.1) is 0 Å². The summed E-state index contributed by atoms with van der Waals surface area (Å²) in [4.78, 5) is 11.2. The second kappa shape index (κ2) is 4.54. The zero-order valence-electron chi connectivity index (χ0n) is 8.88. The first kappa shape index (κ1) is 12.5. The van der Waals surface area contributed by atoms with E-state index in [1.54, 1.807) is 13.8 Å². The standard InChI is InChI=1S/C9H12F3N3O/c1-6(2)13-8(16)5-15-4-3-7(14-15)9(10,11)12/h3-4,6H,5H2,1-2H3,(H,13,16). The smallest absolute Gasteiger partial charge is 0.352 e. The van der Waals surface area contributed by atoms with Crippen molar-refractivity contribution in [3.63, 3.8) is 0 Å². The molecule has 4 nitrogen and oxygen atoms in total. The SMILES string of the molecule is CC(C)NC(=O)Cn1ccc(C(F)(F)F)n1. The normalized spacial score (nSPS) is 11.9. The molecule has 0 aliphatic heterocycles. The molecule has 0 atom stereocenters. The number of hydrogen-bond donors (Lipinski definition) is 1. The monoisotopic (exact) mass is 235 g/mol. The highest BCUT2D eigenvalue weighted by atomic mass is 19.4. The Bertz CT molecular complexity index is 370. The molecule has 90 valence electrons. The summed E-state index contributed by atoms with van der Waals surface area (Å²) in [5.74, 6) is -0.369. The third-order valence-corrected chi connectivity index (χ3v) is 1.69. The molecule has 0 unspecified atom stereocenters. The number of halogens is 3. The lowest BCUT2D eigenvalue weighted by Gasteiger charge is -2.08. The highest BCUT2D eigenvalue weighted by molar-refractivity contribution is 5.75. The van der Waals surface area contributed by atoms with Crippen molar-refractivity contribution in [2.24, 2.45) is 0 Å². The maximum atomic E-state index is 12.2. The molecule has 1 aromatic heterocycles. The third-order valence-electron chi connectivity index (χ3n) is 1.69. The zero-order chi connectivity index (χ0) is 12.3. The van der Waals surface area contributed by atoms with Gasteiger partial charge in [-0.25, -0.2) is 0 Å². The Morgan fingerprint density at radius 1 is 1.56 bits per heavy atom. The molecule has 1 rings (SSSR count). The number of nitrogens with one attached hydrogen (secondary N) is 1. The van der Waals surface area contributed by atoms with E-state index < -0.39 is 11.9 Å². The number of nitrogens with zero attached hydrogens (tertiary/aromatic N) is 2. The lowest BCUT2D eigenvalue weighted by atomic mass is 10.4. The first-order chi connectivity index (χ1) is 7.29. The number of amides is 1. The van der Waals surface area contributed by atoms with Crippen LogP contribution in [0.25, 0.3) is 0 Å². The molecule has 0 aliphatic rings. The van der Waals surface area contributed by atoms with Crippen LogP contribution in [0.3, 0.4) is 0 Å². The van der Waals surface area contributed by atoms with Gasteiger partial charge in [-0.05, 0) is 19.9 Å².